The summed E-state index contributed by atoms with van der Waals surface area (Å²) in [5, 5.41) is 2.94. The molecule has 0 atom stereocenters. The monoisotopic (exact) mass is 383 g/mol. The van der Waals surface area contributed by atoms with Crippen molar-refractivity contribution >= 4 is 11.7 Å². The minimum atomic E-state index is -0.269. The second kappa shape index (κ2) is 12.9. The van der Waals surface area contributed by atoms with Gasteiger partial charge in [-0.05, 0) is 12.5 Å². The van der Waals surface area contributed by atoms with Gasteiger partial charge in [-0.1, -0.05) is 82.9 Å². The van der Waals surface area contributed by atoms with Gasteiger partial charge < -0.3 is 10.3 Å². The number of nitrogens with zero attached hydrogens (tertiary/aromatic N) is 1. The lowest BCUT2D eigenvalue weighted by Crippen LogP contribution is -2.26. The third kappa shape index (κ3) is 7.29. The van der Waals surface area contributed by atoms with Gasteiger partial charge in [-0.15, -0.1) is 0 Å². The van der Waals surface area contributed by atoms with Crippen molar-refractivity contribution in [3.63, 3.8) is 0 Å². The fourth-order valence-corrected chi connectivity index (χ4v) is 3.31. The molecule has 5 heteroatoms. The maximum Gasteiger partial charge on any atom is 0.252 e. The molecule has 5 nitrogen and oxygen atoms in total. The van der Waals surface area contributed by atoms with E-state index in [-0.39, 0.29) is 17.5 Å². The van der Waals surface area contributed by atoms with Gasteiger partial charge in [-0.2, -0.15) is 0 Å². The zero-order valence-corrected chi connectivity index (χ0v) is 17.0. The molecule has 1 aromatic carbocycles. The van der Waals surface area contributed by atoms with Crippen LogP contribution in [-0.2, 0) is 0 Å². The van der Waals surface area contributed by atoms with Gasteiger partial charge in [0.2, 0.25) is 5.78 Å². The number of aromatic amines is 1. The fourth-order valence-electron chi connectivity index (χ4n) is 3.31. The summed E-state index contributed by atoms with van der Waals surface area (Å²) in [6, 6.07) is 6.88. The molecule has 152 valence electrons. The summed E-state index contributed by atoms with van der Waals surface area (Å²) in [4.78, 5) is 31.8. The minimum absolute atomic E-state index is 0.202. The Bertz CT molecular complexity index is 710. The highest BCUT2D eigenvalue weighted by Crippen LogP contribution is 2.13. The number of hydrogen-bond acceptors (Lipinski definition) is 3. The predicted molar refractivity (Wildman–Crippen MR) is 113 cm³/mol. The molecule has 0 radical (unpaired) electrons. The predicted octanol–water partition coefficient (Wildman–Crippen LogP) is 5.29. The number of aromatic nitrogens is 2. The molecule has 0 aliphatic carbocycles. The van der Waals surface area contributed by atoms with Crippen molar-refractivity contribution in [2.24, 2.45) is 0 Å². The van der Waals surface area contributed by atoms with Gasteiger partial charge in [0.15, 0.2) is 5.82 Å². The quantitative estimate of drug-likeness (QED) is 0.344. The summed E-state index contributed by atoms with van der Waals surface area (Å²) in [6.45, 7) is 2.88. The van der Waals surface area contributed by atoms with Crippen LogP contribution >= 0.6 is 0 Å². The van der Waals surface area contributed by atoms with E-state index in [4.69, 9.17) is 0 Å². The molecule has 2 rings (SSSR count). The molecule has 0 aliphatic rings. The SMILES string of the molecule is CCCCCCCCCCCCNC(=O)c1ccccc1C(=O)c1ncc[nH]1. The highest BCUT2D eigenvalue weighted by molar-refractivity contribution is 6.13. The van der Waals surface area contributed by atoms with Gasteiger partial charge in [0.05, 0.1) is 5.56 Å². The van der Waals surface area contributed by atoms with Crippen LogP contribution in [0.25, 0.3) is 0 Å². The number of rotatable bonds is 14. The zero-order chi connectivity index (χ0) is 20.0. The van der Waals surface area contributed by atoms with Crippen molar-refractivity contribution in [1.29, 1.82) is 0 Å². The summed E-state index contributed by atoms with van der Waals surface area (Å²) in [5.74, 6) is -0.226. The normalized spacial score (nSPS) is 10.8. The highest BCUT2D eigenvalue weighted by Gasteiger charge is 2.19. The molecule has 0 fully saturated rings. The van der Waals surface area contributed by atoms with Crippen LogP contribution < -0.4 is 5.32 Å². The lowest BCUT2D eigenvalue weighted by molar-refractivity contribution is 0.0940. The largest absolute Gasteiger partial charge is 0.352 e. The number of amides is 1. The average molecular weight is 384 g/mol. The van der Waals surface area contributed by atoms with Crippen LogP contribution in [0.2, 0.25) is 0 Å². The standard InChI is InChI=1S/C23H33N3O2/c1-2-3-4-5-6-7-8-9-10-13-16-26-23(28)20-15-12-11-14-19(20)21(27)22-24-17-18-25-22/h11-12,14-15,17-18H,2-10,13,16H2,1H3,(H,24,25)(H,26,28). The first-order valence-corrected chi connectivity index (χ1v) is 10.7. The van der Waals surface area contributed by atoms with Gasteiger partial charge in [0, 0.05) is 24.5 Å². The number of hydrogen-bond donors (Lipinski definition) is 2. The first-order valence-electron chi connectivity index (χ1n) is 10.7. The Morgan fingerprint density at radius 1 is 0.893 bits per heavy atom. The van der Waals surface area contributed by atoms with E-state index in [0.717, 1.165) is 12.8 Å². The third-order valence-corrected chi connectivity index (χ3v) is 4.95. The van der Waals surface area contributed by atoms with Gasteiger partial charge in [0.25, 0.3) is 5.91 Å². The molecule has 0 unspecified atom stereocenters. The van der Waals surface area contributed by atoms with E-state index in [9.17, 15) is 9.59 Å². The van der Waals surface area contributed by atoms with Crippen LogP contribution in [0.3, 0.4) is 0 Å². The molecule has 1 amide bonds. The van der Waals surface area contributed by atoms with Crippen LogP contribution in [0, 0.1) is 0 Å². The molecule has 0 aliphatic heterocycles. The molecular formula is C23H33N3O2. The topological polar surface area (TPSA) is 74.8 Å². The molecule has 0 saturated heterocycles. The molecule has 0 spiro atoms. The van der Waals surface area contributed by atoms with E-state index in [1.54, 1.807) is 30.5 Å². The molecular weight excluding hydrogens is 350 g/mol. The van der Waals surface area contributed by atoms with E-state index < -0.39 is 0 Å². The van der Waals surface area contributed by atoms with Crippen LogP contribution in [0.1, 0.15) is 97.7 Å². The Morgan fingerprint density at radius 3 is 2.11 bits per heavy atom. The van der Waals surface area contributed by atoms with Crippen molar-refractivity contribution in [3.05, 3.63) is 53.6 Å². The molecule has 0 bridgehead atoms. The van der Waals surface area contributed by atoms with E-state index in [1.165, 1.54) is 57.6 Å². The Kier molecular flexibility index (Phi) is 10.0. The number of carbonyl (C=O) groups is 2. The zero-order valence-electron chi connectivity index (χ0n) is 17.0. The van der Waals surface area contributed by atoms with Crippen molar-refractivity contribution in [3.8, 4) is 0 Å². The molecule has 28 heavy (non-hydrogen) atoms. The van der Waals surface area contributed by atoms with Crippen LogP contribution in [0.4, 0.5) is 0 Å². The molecule has 1 aromatic heterocycles. The fraction of sp³-hybridized carbons (Fsp3) is 0.522. The summed E-state index contributed by atoms with van der Waals surface area (Å²) in [5.41, 5.74) is 0.772. The first-order chi connectivity index (χ1) is 13.7. The Morgan fingerprint density at radius 2 is 1.50 bits per heavy atom. The van der Waals surface area contributed by atoms with Crippen LogP contribution in [0.5, 0.6) is 0 Å². The number of unbranched alkanes of at least 4 members (excludes halogenated alkanes) is 9. The maximum absolute atomic E-state index is 12.5. The number of imidazole rings is 1. The molecule has 0 saturated carbocycles. The van der Waals surface area contributed by atoms with Gasteiger partial charge in [-0.3, -0.25) is 9.59 Å². The minimum Gasteiger partial charge on any atom is -0.352 e. The summed E-state index contributed by atoms with van der Waals surface area (Å²) in [6.07, 6.45) is 15.8. The third-order valence-electron chi connectivity index (χ3n) is 4.95. The number of ketones is 1. The van der Waals surface area contributed by atoms with Crippen molar-refractivity contribution < 1.29 is 9.59 Å². The van der Waals surface area contributed by atoms with Crippen molar-refractivity contribution in [2.45, 2.75) is 71.1 Å². The summed E-state index contributed by atoms with van der Waals surface area (Å²) >= 11 is 0. The second-order valence-corrected chi connectivity index (χ2v) is 7.25. The Balaban J connectivity index is 1.67. The number of benzene rings is 1. The van der Waals surface area contributed by atoms with Crippen molar-refractivity contribution in [2.75, 3.05) is 6.54 Å². The summed E-state index contributed by atoms with van der Waals surface area (Å²) < 4.78 is 0. The van der Waals surface area contributed by atoms with Crippen LogP contribution in [-0.4, -0.2) is 28.2 Å². The second-order valence-electron chi connectivity index (χ2n) is 7.25. The van der Waals surface area contributed by atoms with Gasteiger partial charge >= 0.3 is 0 Å². The molecule has 2 aromatic rings. The Labute approximate surface area is 168 Å². The van der Waals surface area contributed by atoms with E-state index in [0.29, 0.717) is 17.7 Å². The summed E-state index contributed by atoms with van der Waals surface area (Å²) in [7, 11) is 0. The van der Waals surface area contributed by atoms with E-state index in [1.807, 2.05) is 0 Å². The molecule has 1 heterocycles. The van der Waals surface area contributed by atoms with E-state index >= 15 is 0 Å². The number of carbonyl (C=O) groups excluding carboxylic acids is 2. The first kappa shape index (κ1) is 21.9. The average Bonchev–Trinajstić information content (AvgIpc) is 3.26. The lowest BCUT2D eigenvalue weighted by atomic mass is 10.0. The molecule has 2 N–H and O–H groups in total. The maximum atomic E-state index is 12.5. The lowest BCUT2D eigenvalue weighted by Gasteiger charge is -2.09. The van der Waals surface area contributed by atoms with E-state index in [2.05, 4.69) is 22.2 Å². The smallest absolute Gasteiger partial charge is 0.252 e. The Hall–Kier alpha value is -2.43. The van der Waals surface area contributed by atoms with Crippen molar-refractivity contribution in [1.82, 2.24) is 15.3 Å². The highest BCUT2D eigenvalue weighted by atomic mass is 16.2. The van der Waals surface area contributed by atoms with Gasteiger partial charge in [0.1, 0.15) is 0 Å². The van der Waals surface area contributed by atoms with Gasteiger partial charge in [-0.25, -0.2) is 4.98 Å². The van der Waals surface area contributed by atoms with Crippen LogP contribution in [0.15, 0.2) is 36.7 Å². The number of nitrogens with one attached hydrogen (secondary N) is 2. The number of H-pyrrole nitrogens is 1.